The molecule has 0 saturated carbocycles. The summed E-state index contributed by atoms with van der Waals surface area (Å²) in [6.45, 7) is 0. The number of nitrogens with two attached hydrogens (primary N) is 2. The minimum atomic E-state index is -4.98. The van der Waals surface area contributed by atoms with Gasteiger partial charge in [0.05, 0.1) is 25.3 Å². The van der Waals surface area contributed by atoms with Crippen LogP contribution >= 0.6 is 11.6 Å². The molecular weight excluding hydrogens is 440 g/mol. The van der Waals surface area contributed by atoms with Crippen molar-refractivity contribution in [3.8, 4) is 11.8 Å². The fourth-order valence-electron chi connectivity index (χ4n) is 2.65. The number of urea groups is 1. The highest BCUT2D eigenvalue weighted by Gasteiger charge is 2.57. The van der Waals surface area contributed by atoms with Crippen molar-refractivity contribution < 1.29 is 27.5 Å². The maximum Gasteiger partial charge on any atom is 0.443 e. The fraction of sp³-hybridized carbons (Fsp3) is 0.250. The van der Waals surface area contributed by atoms with Crippen LogP contribution in [0.5, 0.6) is 11.8 Å². The summed E-state index contributed by atoms with van der Waals surface area (Å²) in [6.07, 6.45) is 0. The topological polar surface area (TPSA) is 168 Å². The molecule has 0 aliphatic rings. The lowest BCUT2D eigenvalue weighted by atomic mass is 10.1. The molecule has 4 N–H and O–H groups in total. The van der Waals surface area contributed by atoms with Crippen molar-refractivity contribution in [3.05, 3.63) is 34.9 Å². The summed E-state index contributed by atoms with van der Waals surface area (Å²) in [4.78, 5) is 34.6. The third kappa shape index (κ3) is 3.75. The van der Waals surface area contributed by atoms with Crippen LogP contribution in [0, 0.1) is 0 Å². The number of benzene rings is 1. The SMILES string of the molecule is COc1cc(OC)nc([N+](C(N)=O)(c2cccc(Cl)c2C(=O)N(C)C)S(N)(=O)=O)n1. The van der Waals surface area contributed by atoms with Crippen molar-refractivity contribution >= 4 is 45.4 Å². The number of amides is 3. The Hall–Kier alpha value is -3.00. The first-order chi connectivity index (χ1) is 13.9. The van der Waals surface area contributed by atoms with Crippen molar-refractivity contribution in [1.29, 1.82) is 0 Å². The van der Waals surface area contributed by atoms with Crippen LogP contribution in [0.3, 0.4) is 0 Å². The van der Waals surface area contributed by atoms with Crippen LogP contribution in [0.1, 0.15) is 10.4 Å². The van der Waals surface area contributed by atoms with Gasteiger partial charge in [0.1, 0.15) is 5.56 Å². The first kappa shape index (κ1) is 23.3. The Bertz CT molecular complexity index is 1090. The number of aromatic nitrogens is 2. The smallest absolute Gasteiger partial charge is 0.443 e. The predicted octanol–water partition coefficient (Wildman–Crippen LogP) is 0.770. The second kappa shape index (κ2) is 8.39. The molecule has 1 unspecified atom stereocenters. The molecule has 162 valence electrons. The van der Waals surface area contributed by atoms with Gasteiger partial charge in [0, 0.05) is 20.2 Å². The molecule has 0 aliphatic heterocycles. The summed E-state index contributed by atoms with van der Waals surface area (Å²) in [5.41, 5.74) is 4.75. The van der Waals surface area contributed by atoms with Crippen LogP contribution < -0.4 is 24.2 Å². The molecule has 2 aromatic rings. The molecule has 12 nitrogen and oxygen atoms in total. The highest BCUT2D eigenvalue weighted by molar-refractivity contribution is 7.89. The molecule has 14 heteroatoms. The van der Waals surface area contributed by atoms with Crippen molar-refractivity contribution in [3.63, 3.8) is 0 Å². The standard InChI is InChI=1S/C16H19ClN6O6S/c1-22(2)14(24)13-9(17)6-5-7-10(13)23(15(18)25,30(19,26)27)16-20-11(28-3)8-12(21-16)29-4/h5-8H,1-4H3,(H3-,18,19,25,26,27)/p+1. The molecule has 0 radical (unpaired) electrons. The second-order valence-corrected chi connectivity index (χ2v) is 8.03. The summed E-state index contributed by atoms with van der Waals surface area (Å²) in [6, 6.07) is 3.55. The van der Waals surface area contributed by atoms with E-state index in [9.17, 15) is 18.0 Å². The molecule has 30 heavy (non-hydrogen) atoms. The Morgan fingerprint density at radius 3 is 2.07 bits per heavy atom. The Morgan fingerprint density at radius 1 is 1.13 bits per heavy atom. The molecule has 1 aromatic heterocycles. The zero-order chi connectivity index (χ0) is 22.9. The van der Waals surface area contributed by atoms with Gasteiger partial charge in [-0.1, -0.05) is 17.7 Å². The minimum Gasteiger partial charge on any atom is -0.481 e. The van der Waals surface area contributed by atoms with Gasteiger partial charge >= 0.3 is 22.2 Å². The highest BCUT2D eigenvalue weighted by atomic mass is 35.5. The number of hydrogen-bond acceptors (Lipinski definition) is 8. The average molecular weight is 460 g/mol. The lowest BCUT2D eigenvalue weighted by Gasteiger charge is -2.29. The number of nitrogens with zero attached hydrogens (tertiary/aromatic N) is 4. The van der Waals surface area contributed by atoms with Gasteiger partial charge in [-0.2, -0.15) is 13.6 Å². The lowest BCUT2D eigenvalue weighted by Crippen LogP contribution is -2.61. The first-order valence-corrected chi connectivity index (χ1v) is 10.00. The number of ether oxygens (including phenoxy) is 2. The number of methoxy groups -OCH3 is 2. The molecular formula is C16H20ClN6O6S+. The van der Waals surface area contributed by atoms with Crippen LogP contribution in [0.4, 0.5) is 16.4 Å². The van der Waals surface area contributed by atoms with Crippen LogP contribution in [-0.2, 0) is 10.2 Å². The van der Waals surface area contributed by atoms with Gasteiger partial charge in [0.25, 0.3) is 5.91 Å². The van der Waals surface area contributed by atoms with E-state index in [2.05, 4.69) is 9.97 Å². The largest absolute Gasteiger partial charge is 0.481 e. The van der Waals surface area contributed by atoms with Crippen LogP contribution in [0.2, 0.25) is 5.02 Å². The van der Waals surface area contributed by atoms with Gasteiger partial charge in [-0.3, -0.25) is 4.79 Å². The number of hydrogen-bond donors (Lipinski definition) is 2. The summed E-state index contributed by atoms with van der Waals surface area (Å²) in [7, 11) is 0.347. The number of carbonyl (C=O) groups is 2. The lowest BCUT2D eigenvalue weighted by molar-refractivity contribution is 0.0828. The maximum atomic E-state index is 12.9. The van der Waals surface area contributed by atoms with E-state index in [-0.39, 0.29) is 22.3 Å². The van der Waals surface area contributed by atoms with E-state index >= 15 is 0 Å². The molecule has 1 atom stereocenters. The molecule has 0 bridgehead atoms. The van der Waals surface area contributed by atoms with E-state index < -0.39 is 37.7 Å². The Morgan fingerprint density at radius 2 is 1.67 bits per heavy atom. The van der Waals surface area contributed by atoms with Gasteiger partial charge in [-0.05, 0) is 9.95 Å². The van der Waals surface area contributed by atoms with E-state index in [1.165, 1.54) is 46.5 Å². The molecule has 3 amide bonds. The van der Waals surface area contributed by atoms with E-state index in [0.717, 1.165) is 11.0 Å². The third-order valence-electron chi connectivity index (χ3n) is 4.01. The summed E-state index contributed by atoms with van der Waals surface area (Å²) in [5.74, 6) is -1.73. The van der Waals surface area contributed by atoms with Crippen LogP contribution in [0.15, 0.2) is 24.3 Å². The van der Waals surface area contributed by atoms with Crippen molar-refractivity contribution in [1.82, 2.24) is 18.8 Å². The first-order valence-electron chi connectivity index (χ1n) is 8.12. The minimum absolute atomic E-state index is 0.145. The zero-order valence-electron chi connectivity index (χ0n) is 16.5. The molecule has 2 rings (SSSR count). The van der Waals surface area contributed by atoms with Gasteiger partial charge < -0.3 is 20.1 Å². The van der Waals surface area contributed by atoms with E-state index in [4.69, 9.17) is 31.9 Å². The Labute approximate surface area is 177 Å². The molecule has 0 aliphatic carbocycles. The maximum absolute atomic E-state index is 12.9. The Balaban J connectivity index is 3.13. The van der Waals surface area contributed by atoms with Crippen LogP contribution in [0.25, 0.3) is 0 Å². The Kier molecular flexibility index (Phi) is 6.51. The van der Waals surface area contributed by atoms with Crippen molar-refractivity contribution in [2.75, 3.05) is 28.3 Å². The van der Waals surface area contributed by atoms with Gasteiger partial charge in [-0.25, -0.2) is 4.79 Å². The third-order valence-corrected chi connectivity index (χ3v) is 5.63. The highest BCUT2D eigenvalue weighted by Crippen LogP contribution is 2.41. The predicted molar refractivity (Wildman–Crippen MR) is 109 cm³/mol. The summed E-state index contributed by atoms with van der Waals surface area (Å²) in [5, 5.41) is 5.33. The number of carbonyl (C=O) groups excluding carboxylic acids is 2. The number of halogens is 1. The monoisotopic (exact) mass is 459 g/mol. The quantitative estimate of drug-likeness (QED) is 0.597. The summed E-state index contributed by atoms with van der Waals surface area (Å²) < 4.78 is 33.9. The van der Waals surface area contributed by atoms with Crippen molar-refractivity contribution in [2.24, 2.45) is 10.9 Å². The fourth-order valence-corrected chi connectivity index (χ4v) is 3.89. The van der Waals surface area contributed by atoms with Crippen molar-refractivity contribution in [2.45, 2.75) is 0 Å². The van der Waals surface area contributed by atoms with E-state index in [0.29, 0.717) is 0 Å². The second-order valence-electron chi connectivity index (χ2n) is 6.05. The molecule has 0 saturated heterocycles. The number of quaternary nitrogens is 1. The molecule has 0 spiro atoms. The normalized spacial score (nSPS) is 13.3. The molecule has 1 aromatic carbocycles. The van der Waals surface area contributed by atoms with Gasteiger partial charge in [0.2, 0.25) is 11.8 Å². The summed E-state index contributed by atoms with van der Waals surface area (Å²) >= 11 is 6.20. The van der Waals surface area contributed by atoms with E-state index in [1.807, 2.05) is 0 Å². The average Bonchev–Trinajstić information content (AvgIpc) is 2.66. The molecule has 0 fully saturated rings. The zero-order valence-corrected chi connectivity index (χ0v) is 18.1. The van der Waals surface area contributed by atoms with Gasteiger partial charge in [0.15, 0.2) is 5.69 Å². The number of primary amides is 1. The molecule has 1 heterocycles. The number of rotatable bonds is 6. The van der Waals surface area contributed by atoms with Gasteiger partial charge in [-0.15, -0.1) is 9.97 Å². The van der Waals surface area contributed by atoms with E-state index in [1.54, 1.807) is 0 Å². The van der Waals surface area contributed by atoms with Crippen LogP contribution in [-0.4, -0.2) is 63.5 Å².